The molecule has 0 aliphatic carbocycles. The van der Waals surface area contributed by atoms with Crippen LogP contribution in [0.25, 0.3) is 0 Å². The Morgan fingerprint density at radius 1 is 1.36 bits per heavy atom. The topological polar surface area (TPSA) is 74.0 Å². The van der Waals surface area contributed by atoms with Crippen molar-refractivity contribution in [2.24, 2.45) is 0 Å². The summed E-state index contributed by atoms with van der Waals surface area (Å²) in [7, 11) is 3.55. The van der Waals surface area contributed by atoms with Crippen LogP contribution in [-0.2, 0) is 13.0 Å². The van der Waals surface area contributed by atoms with Crippen molar-refractivity contribution in [2.45, 2.75) is 33.2 Å². The summed E-state index contributed by atoms with van der Waals surface area (Å²) in [6.07, 6.45) is 3.68. The lowest BCUT2D eigenvalue weighted by Crippen LogP contribution is -2.21. The first kappa shape index (κ1) is 16.3. The van der Waals surface area contributed by atoms with E-state index in [4.69, 9.17) is 4.74 Å². The number of hydrogen-bond acceptors (Lipinski definition) is 4. The number of aryl methyl sites for hydroxylation is 2. The highest BCUT2D eigenvalue weighted by atomic mass is 16.5. The molecule has 2 heterocycles. The average Bonchev–Trinajstić information content (AvgIpc) is 2.79. The largest absolute Gasteiger partial charge is 0.491 e. The minimum Gasteiger partial charge on any atom is -0.491 e. The lowest BCUT2D eigenvalue weighted by Gasteiger charge is -2.16. The molecule has 2 aromatic heterocycles. The molecule has 22 heavy (non-hydrogen) atoms. The first-order valence-electron chi connectivity index (χ1n) is 7.46. The molecule has 0 bridgehead atoms. The summed E-state index contributed by atoms with van der Waals surface area (Å²) in [4.78, 5) is 17.0. The zero-order valence-electron chi connectivity index (χ0n) is 13.7. The molecular formula is C16H24N4O2. The zero-order valence-corrected chi connectivity index (χ0v) is 13.7. The lowest BCUT2D eigenvalue weighted by molar-refractivity contribution is 0.317. The Kier molecular flexibility index (Phi) is 5.38. The molecule has 0 unspecified atom stereocenters. The third kappa shape index (κ3) is 3.98. The molecule has 2 rings (SSSR count). The molecule has 0 aliphatic heterocycles. The minimum atomic E-state index is -0.0886. The summed E-state index contributed by atoms with van der Waals surface area (Å²) >= 11 is 0. The molecule has 0 atom stereocenters. The molecule has 0 spiro atoms. The van der Waals surface area contributed by atoms with E-state index in [2.05, 4.69) is 34.1 Å². The van der Waals surface area contributed by atoms with E-state index in [1.165, 1.54) is 12.7 Å². The van der Waals surface area contributed by atoms with Crippen molar-refractivity contribution in [2.75, 3.05) is 20.7 Å². The van der Waals surface area contributed by atoms with Gasteiger partial charge in [-0.25, -0.2) is 0 Å². The fraction of sp³-hybridized carbons (Fsp3) is 0.500. The number of H-pyrrole nitrogens is 2. The van der Waals surface area contributed by atoms with Gasteiger partial charge in [-0.1, -0.05) is 0 Å². The van der Waals surface area contributed by atoms with Gasteiger partial charge in [0.15, 0.2) is 5.75 Å². The molecule has 0 aromatic carbocycles. The highest BCUT2D eigenvalue weighted by Crippen LogP contribution is 2.12. The lowest BCUT2D eigenvalue weighted by atomic mass is 10.1. The third-order valence-electron chi connectivity index (χ3n) is 3.84. The van der Waals surface area contributed by atoms with Crippen LogP contribution < -0.4 is 10.2 Å². The molecule has 0 fully saturated rings. The first-order valence-corrected chi connectivity index (χ1v) is 7.46. The van der Waals surface area contributed by atoms with Gasteiger partial charge in [-0.05, 0) is 45.8 Å². The monoisotopic (exact) mass is 304 g/mol. The number of hydrogen-bond donors (Lipinski definition) is 2. The summed E-state index contributed by atoms with van der Waals surface area (Å²) in [6, 6.07) is 1.60. The van der Waals surface area contributed by atoms with Gasteiger partial charge in [0.25, 0.3) is 0 Å². The van der Waals surface area contributed by atoms with Crippen LogP contribution in [0.1, 0.15) is 29.1 Å². The van der Waals surface area contributed by atoms with Crippen molar-refractivity contribution in [1.82, 2.24) is 20.1 Å². The van der Waals surface area contributed by atoms with Gasteiger partial charge in [-0.15, -0.1) is 0 Å². The van der Waals surface area contributed by atoms with Crippen LogP contribution in [0.15, 0.2) is 17.1 Å². The maximum atomic E-state index is 11.7. The maximum Gasteiger partial charge on any atom is 0.223 e. The van der Waals surface area contributed by atoms with Crippen LogP contribution in [0.3, 0.4) is 0 Å². The van der Waals surface area contributed by atoms with Crippen molar-refractivity contribution in [3.8, 4) is 5.75 Å². The van der Waals surface area contributed by atoms with Crippen LogP contribution in [-0.4, -0.2) is 40.8 Å². The molecule has 2 N–H and O–H groups in total. The van der Waals surface area contributed by atoms with Gasteiger partial charge in [0.2, 0.25) is 5.43 Å². The highest BCUT2D eigenvalue weighted by Gasteiger charge is 2.08. The molecule has 0 saturated carbocycles. The van der Waals surface area contributed by atoms with E-state index >= 15 is 0 Å². The van der Waals surface area contributed by atoms with Gasteiger partial charge >= 0.3 is 0 Å². The van der Waals surface area contributed by atoms with E-state index in [1.54, 1.807) is 12.3 Å². The molecule has 6 heteroatoms. The van der Waals surface area contributed by atoms with Crippen molar-refractivity contribution in [3.05, 3.63) is 45.1 Å². The number of pyridine rings is 1. The maximum absolute atomic E-state index is 11.7. The highest BCUT2D eigenvalue weighted by molar-refractivity contribution is 5.23. The van der Waals surface area contributed by atoms with Crippen LogP contribution in [0, 0.1) is 13.8 Å². The van der Waals surface area contributed by atoms with E-state index in [0.717, 1.165) is 36.5 Å². The normalized spacial score (nSPS) is 11.1. The Morgan fingerprint density at radius 2 is 2.14 bits per heavy atom. The fourth-order valence-corrected chi connectivity index (χ4v) is 2.59. The van der Waals surface area contributed by atoms with E-state index in [-0.39, 0.29) is 5.43 Å². The van der Waals surface area contributed by atoms with Gasteiger partial charge in [0.1, 0.15) is 0 Å². The Labute approximate surface area is 130 Å². The van der Waals surface area contributed by atoms with Gasteiger partial charge in [-0.2, -0.15) is 5.10 Å². The second-order valence-corrected chi connectivity index (χ2v) is 5.64. The standard InChI is InChI=1S/C16H24N4O2/c1-11-14(12(2)19-18-11)6-5-7-20(3)10-13-8-15(21)16(22-4)9-17-13/h8-9H,5-7,10H2,1-4H3,(H,17,21)(H,18,19). The Balaban J connectivity index is 1.84. The number of aromatic amines is 2. The predicted molar refractivity (Wildman–Crippen MR) is 86.3 cm³/mol. The van der Waals surface area contributed by atoms with E-state index < -0.39 is 0 Å². The van der Waals surface area contributed by atoms with Crippen molar-refractivity contribution in [3.63, 3.8) is 0 Å². The van der Waals surface area contributed by atoms with Crippen LogP contribution in [0.5, 0.6) is 5.75 Å². The number of methoxy groups -OCH3 is 1. The second-order valence-electron chi connectivity index (χ2n) is 5.64. The van der Waals surface area contributed by atoms with E-state index in [9.17, 15) is 4.79 Å². The fourth-order valence-electron chi connectivity index (χ4n) is 2.59. The van der Waals surface area contributed by atoms with Crippen molar-refractivity contribution in [1.29, 1.82) is 0 Å². The smallest absolute Gasteiger partial charge is 0.223 e. The van der Waals surface area contributed by atoms with Crippen molar-refractivity contribution >= 4 is 0 Å². The molecule has 6 nitrogen and oxygen atoms in total. The zero-order chi connectivity index (χ0) is 16.1. The molecule has 0 radical (unpaired) electrons. The SMILES string of the molecule is COc1c[nH]c(CN(C)CCCc2c(C)n[nH]c2C)cc1=O. The van der Waals surface area contributed by atoms with Crippen LogP contribution >= 0.6 is 0 Å². The molecule has 0 amide bonds. The summed E-state index contributed by atoms with van der Waals surface area (Å²) in [5.74, 6) is 0.345. The Hall–Kier alpha value is -2.08. The number of nitrogens with one attached hydrogen (secondary N) is 2. The molecular weight excluding hydrogens is 280 g/mol. The number of nitrogens with zero attached hydrogens (tertiary/aromatic N) is 2. The van der Waals surface area contributed by atoms with Gasteiger partial charge in [0.05, 0.1) is 12.8 Å². The van der Waals surface area contributed by atoms with Crippen molar-refractivity contribution < 1.29 is 4.74 Å². The van der Waals surface area contributed by atoms with Gasteiger partial charge < -0.3 is 14.6 Å². The Bertz CT molecular complexity index is 656. The number of aromatic nitrogens is 3. The second kappa shape index (κ2) is 7.26. The van der Waals surface area contributed by atoms with Crippen LogP contribution in [0.4, 0.5) is 0 Å². The summed E-state index contributed by atoms with van der Waals surface area (Å²) in [6.45, 7) is 5.76. The summed E-state index contributed by atoms with van der Waals surface area (Å²) in [5.41, 5.74) is 4.35. The Morgan fingerprint density at radius 3 is 2.73 bits per heavy atom. The summed E-state index contributed by atoms with van der Waals surface area (Å²) < 4.78 is 4.97. The quantitative estimate of drug-likeness (QED) is 0.818. The molecule has 2 aromatic rings. The number of ether oxygens (including phenoxy) is 1. The predicted octanol–water partition coefficient (Wildman–Crippen LogP) is 1.79. The van der Waals surface area contributed by atoms with E-state index in [1.807, 2.05) is 6.92 Å². The van der Waals surface area contributed by atoms with E-state index in [0.29, 0.717) is 12.3 Å². The molecule has 0 saturated heterocycles. The third-order valence-corrected chi connectivity index (χ3v) is 3.84. The average molecular weight is 304 g/mol. The summed E-state index contributed by atoms with van der Waals surface area (Å²) in [5, 5.41) is 7.23. The minimum absolute atomic E-state index is 0.0886. The van der Waals surface area contributed by atoms with Crippen LogP contribution in [0.2, 0.25) is 0 Å². The number of rotatable bonds is 7. The molecule has 120 valence electrons. The van der Waals surface area contributed by atoms with Gasteiger partial charge in [-0.3, -0.25) is 9.89 Å². The van der Waals surface area contributed by atoms with Gasteiger partial charge in [0, 0.05) is 30.2 Å². The first-order chi connectivity index (χ1) is 10.5. The molecule has 0 aliphatic rings.